The molecule has 4 saturated carbocycles. The molecule has 5 rings (SSSR count). The van der Waals surface area contributed by atoms with E-state index in [1.807, 2.05) is 0 Å². The third-order valence-electron chi connectivity index (χ3n) is 7.95. The zero-order valence-corrected chi connectivity index (χ0v) is 19.1. The van der Waals surface area contributed by atoms with Crippen molar-refractivity contribution in [1.29, 1.82) is 0 Å². The van der Waals surface area contributed by atoms with E-state index in [2.05, 4.69) is 10.6 Å². The number of hydrogen-bond donors (Lipinski definition) is 3. The second-order valence-corrected chi connectivity index (χ2v) is 10.7. The quantitative estimate of drug-likeness (QED) is 0.507. The third kappa shape index (κ3) is 5.06. The van der Waals surface area contributed by atoms with Crippen LogP contribution in [0.25, 0.3) is 0 Å². The van der Waals surface area contributed by atoms with Crippen molar-refractivity contribution >= 4 is 23.4 Å². The van der Waals surface area contributed by atoms with Crippen molar-refractivity contribution in [3.63, 3.8) is 0 Å². The monoisotopic (exact) mass is 474 g/mol. The van der Waals surface area contributed by atoms with Gasteiger partial charge < -0.3 is 30.7 Å². The van der Waals surface area contributed by atoms with Gasteiger partial charge in [0.1, 0.15) is 12.8 Å². The van der Waals surface area contributed by atoms with Crippen LogP contribution in [0.5, 0.6) is 0 Å². The summed E-state index contributed by atoms with van der Waals surface area (Å²) in [7, 11) is 0. The van der Waals surface area contributed by atoms with Gasteiger partial charge in [0.25, 0.3) is 0 Å². The molecule has 5 atom stereocenters. The SMILES string of the molecule is O=C(COC1CCC(Cl)C(F)C1)NC12CCC(NC(=O)C3CCCCN3[O-])(CC1)CC2O. The number of carbonyl (C=O) groups is 2. The molecule has 1 saturated heterocycles. The number of amides is 2. The lowest BCUT2D eigenvalue weighted by Gasteiger charge is -2.56. The van der Waals surface area contributed by atoms with Crippen LogP contribution in [-0.4, -0.2) is 76.0 Å². The van der Waals surface area contributed by atoms with E-state index in [1.54, 1.807) is 0 Å². The molecule has 4 aliphatic carbocycles. The molecule has 5 aliphatic rings. The molecule has 0 radical (unpaired) electrons. The molecule has 2 bridgehead atoms. The average molecular weight is 475 g/mol. The topological polar surface area (TPSA) is 114 Å². The third-order valence-corrected chi connectivity index (χ3v) is 8.44. The standard InChI is InChI=1S/C22H34ClFN3O5/c23-15-5-4-14(11-16(15)24)32-13-19(29)25-22-8-6-21(7-9-22,12-18(22)28)26-20(30)17-3-1-2-10-27(17)31/h14-18,28H,1-13H2,(H,25,29)(H,26,30)/q-1. The zero-order chi connectivity index (χ0) is 22.9. The number of hydrogen-bond acceptors (Lipinski definition) is 6. The van der Waals surface area contributed by atoms with Crippen molar-refractivity contribution in [2.24, 2.45) is 0 Å². The smallest absolute Gasteiger partial charge is 0.246 e. The molecule has 182 valence electrons. The summed E-state index contributed by atoms with van der Waals surface area (Å²) >= 11 is 5.89. The highest BCUT2D eigenvalue weighted by molar-refractivity contribution is 6.21. The molecule has 1 aliphatic heterocycles. The number of nitrogens with zero attached hydrogens (tertiary/aromatic N) is 1. The van der Waals surface area contributed by atoms with Gasteiger partial charge in [0.2, 0.25) is 11.8 Å². The lowest BCUT2D eigenvalue weighted by Crippen LogP contribution is -2.71. The maximum absolute atomic E-state index is 13.8. The van der Waals surface area contributed by atoms with Crippen LogP contribution in [0.2, 0.25) is 0 Å². The van der Waals surface area contributed by atoms with Gasteiger partial charge in [-0.2, -0.15) is 0 Å². The van der Waals surface area contributed by atoms with Crippen molar-refractivity contribution in [3.8, 4) is 0 Å². The number of hydroxylamine groups is 2. The summed E-state index contributed by atoms with van der Waals surface area (Å²) in [6, 6.07) is -0.654. The first-order chi connectivity index (χ1) is 15.2. The summed E-state index contributed by atoms with van der Waals surface area (Å²) in [5.74, 6) is -0.577. The number of halogens is 2. The van der Waals surface area contributed by atoms with E-state index in [4.69, 9.17) is 16.3 Å². The number of piperidine rings is 1. The molecule has 0 aromatic heterocycles. The van der Waals surface area contributed by atoms with Crippen LogP contribution in [0.1, 0.15) is 70.6 Å². The van der Waals surface area contributed by atoms with Gasteiger partial charge in [0.15, 0.2) is 0 Å². The summed E-state index contributed by atoms with van der Waals surface area (Å²) in [5, 5.41) is 29.3. The van der Waals surface area contributed by atoms with Gasteiger partial charge in [0, 0.05) is 12.0 Å². The molecular weight excluding hydrogens is 441 g/mol. The van der Waals surface area contributed by atoms with Gasteiger partial charge >= 0.3 is 0 Å². The molecule has 32 heavy (non-hydrogen) atoms. The number of aliphatic hydroxyl groups excluding tert-OH is 1. The molecule has 0 spiro atoms. The Kier molecular flexibility index (Phi) is 7.32. The van der Waals surface area contributed by atoms with E-state index < -0.39 is 34.8 Å². The highest BCUT2D eigenvalue weighted by Gasteiger charge is 2.55. The van der Waals surface area contributed by atoms with Crippen LogP contribution < -0.4 is 10.6 Å². The minimum atomic E-state index is -1.12. The molecule has 5 fully saturated rings. The molecule has 2 amide bonds. The van der Waals surface area contributed by atoms with Gasteiger partial charge in [-0.05, 0) is 64.3 Å². The minimum absolute atomic E-state index is 0.179. The summed E-state index contributed by atoms with van der Waals surface area (Å²) in [6.07, 6.45) is 4.01. The summed E-state index contributed by atoms with van der Waals surface area (Å²) in [6.45, 7) is 0.200. The predicted octanol–water partition coefficient (Wildman–Crippen LogP) is 1.90. The van der Waals surface area contributed by atoms with E-state index in [9.17, 15) is 24.3 Å². The molecule has 1 heterocycles. The van der Waals surface area contributed by atoms with Crippen LogP contribution in [0.15, 0.2) is 0 Å². The largest absolute Gasteiger partial charge is 0.785 e. The maximum Gasteiger partial charge on any atom is 0.246 e. The average Bonchev–Trinajstić information content (AvgIpc) is 2.76. The fourth-order valence-corrected chi connectivity index (χ4v) is 6.10. The highest BCUT2D eigenvalue weighted by Crippen LogP contribution is 2.47. The lowest BCUT2D eigenvalue weighted by atomic mass is 9.59. The van der Waals surface area contributed by atoms with E-state index in [0.717, 1.165) is 17.9 Å². The first kappa shape index (κ1) is 24.1. The Morgan fingerprint density at radius 3 is 2.56 bits per heavy atom. The van der Waals surface area contributed by atoms with Crippen molar-refractivity contribution in [2.45, 2.75) is 112 Å². The second kappa shape index (κ2) is 9.70. The number of aliphatic hydroxyl groups is 1. The van der Waals surface area contributed by atoms with Crippen LogP contribution in [0.4, 0.5) is 4.39 Å². The van der Waals surface area contributed by atoms with Crippen LogP contribution in [0.3, 0.4) is 0 Å². The van der Waals surface area contributed by atoms with Crippen molar-refractivity contribution < 1.29 is 23.8 Å². The Balaban J connectivity index is 1.27. The highest BCUT2D eigenvalue weighted by atomic mass is 35.5. The Labute approximate surface area is 193 Å². The van der Waals surface area contributed by atoms with Gasteiger partial charge in [-0.3, -0.25) is 9.59 Å². The number of carbonyl (C=O) groups excluding carboxylic acids is 2. The number of nitrogens with one attached hydrogen (secondary N) is 2. The van der Waals surface area contributed by atoms with Gasteiger partial charge in [-0.1, -0.05) is 6.42 Å². The second-order valence-electron chi connectivity index (χ2n) is 10.1. The summed E-state index contributed by atoms with van der Waals surface area (Å²) in [5.41, 5.74) is -1.27. The van der Waals surface area contributed by atoms with Crippen LogP contribution >= 0.6 is 11.6 Å². The number of fused-ring (bicyclic) bond motifs is 3. The Bertz CT molecular complexity index is 705. The fraction of sp³-hybridized carbons (Fsp3) is 0.909. The molecule has 0 aromatic carbocycles. The van der Waals surface area contributed by atoms with Gasteiger partial charge in [0.05, 0.1) is 29.2 Å². The van der Waals surface area contributed by atoms with Crippen LogP contribution in [0, 0.1) is 5.21 Å². The number of rotatable bonds is 6. The van der Waals surface area contributed by atoms with E-state index in [1.165, 1.54) is 0 Å². The molecule has 5 unspecified atom stereocenters. The maximum atomic E-state index is 13.8. The first-order valence-electron chi connectivity index (χ1n) is 11.9. The molecule has 3 N–H and O–H groups in total. The zero-order valence-electron chi connectivity index (χ0n) is 18.4. The Morgan fingerprint density at radius 2 is 1.91 bits per heavy atom. The fourth-order valence-electron chi connectivity index (χ4n) is 5.87. The van der Waals surface area contributed by atoms with Crippen molar-refractivity contribution in [3.05, 3.63) is 5.21 Å². The van der Waals surface area contributed by atoms with Gasteiger partial charge in [-0.25, -0.2) is 4.39 Å². The van der Waals surface area contributed by atoms with Crippen LogP contribution in [-0.2, 0) is 14.3 Å². The number of alkyl halides is 2. The normalized spacial score (nSPS) is 42.4. The number of ether oxygens (including phenoxy) is 1. The molecule has 8 nitrogen and oxygen atoms in total. The first-order valence-corrected chi connectivity index (χ1v) is 12.3. The van der Waals surface area contributed by atoms with E-state index in [-0.39, 0.29) is 30.9 Å². The van der Waals surface area contributed by atoms with Crippen molar-refractivity contribution in [2.75, 3.05) is 13.2 Å². The Hall–Kier alpha value is -1.00. The molecule has 0 aromatic rings. The van der Waals surface area contributed by atoms with E-state index >= 15 is 0 Å². The Morgan fingerprint density at radius 1 is 1.16 bits per heavy atom. The summed E-state index contributed by atoms with van der Waals surface area (Å²) < 4.78 is 19.4. The van der Waals surface area contributed by atoms with E-state index in [0.29, 0.717) is 57.9 Å². The van der Waals surface area contributed by atoms with Crippen molar-refractivity contribution in [1.82, 2.24) is 15.7 Å². The minimum Gasteiger partial charge on any atom is -0.785 e. The summed E-state index contributed by atoms with van der Waals surface area (Å²) in [4.78, 5) is 25.3. The van der Waals surface area contributed by atoms with Gasteiger partial charge in [-0.15, -0.1) is 11.6 Å². The lowest BCUT2D eigenvalue weighted by molar-refractivity contribution is -0.141. The predicted molar refractivity (Wildman–Crippen MR) is 117 cm³/mol. The molecule has 10 heteroatoms. The molecular formula is C22H34ClFN3O5-.